The molecule has 0 aliphatic carbocycles. The van der Waals surface area contributed by atoms with Gasteiger partial charge >= 0.3 is 13.2 Å². The quantitative estimate of drug-likeness (QED) is 0.586. The lowest BCUT2D eigenvalue weighted by Crippen LogP contribution is -2.66. The summed E-state index contributed by atoms with van der Waals surface area (Å²) in [4.78, 5) is 17.5. The normalized spacial score (nSPS) is 22.5. The minimum Gasteiger partial charge on any atom is -0.444 e. The summed E-state index contributed by atoms with van der Waals surface area (Å²) in [6.45, 7) is 21.9. The summed E-state index contributed by atoms with van der Waals surface area (Å²) < 4.78 is 19.4. The van der Waals surface area contributed by atoms with E-state index in [4.69, 9.17) is 20.6 Å². The molecule has 1 amide bonds. The molecule has 1 aromatic heterocycles. The lowest BCUT2D eigenvalue weighted by atomic mass is 9.81. The van der Waals surface area contributed by atoms with Gasteiger partial charge in [0.05, 0.1) is 24.3 Å². The van der Waals surface area contributed by atoms with Crippen LogP contribution < -0.4 is 5.46 Å². The van der Waals surface area contributed by atoms with E-state index < -0.39 is 29.5 Å². The molecule has 9 heteroatoms. The Bertz CT molecular complexity index is 784. The molecule has 152 valence electrons. The molecule has 0 N–H and O–H groups in total. The van der Waals surface area contributed by atoms with Gasteiger partial charge in [-0.1, -0.05) is 0 Å². The molecular formula is C19H29BN4O4. The number of likely N-dealkylation sites (tertiary alicyclic amines) is 1. The molecule has 28 heavy (non-hydrogen) atoms. The Morgan fingerprint density at radius 1 is 1.29 bits per heavy atom. The number of nitrogens with zero attached hydrogens (tertiary/aromatic N) is 4. The van der Waals surface area contributed by atoms with Gasteiger partial charge in [0.2, 0.25) is 6.54 Å². The standard InChI is InChI=1S/C19H29BN4O4/c1-16(2,3)26-15(25)23-12-19(13-23,11-21-8)24-10-14(9-22-24)20-27-17(4,5)18(6,7)28-20/h9-10H,11-13H2,1-7H3. The van der Waals surface area contributed by atoms with Gasteiger partial charge in [-0.2, -0.15) is 5.10 Å². The predicted octanol–water partition coefficient (Wildman–Crippen LogP) is 2.05. The van der Waals surface area contributed by atoms with E-state index in [1.54, 1.807) is 15.8 Å². The predicted molar refractivity (Wildman–Crippen MR) is 105 cm³/mol. The van der Waals surface area contributed by atoms with Crippen LogP contribution in [0.25, 0.3) is 4.85 Å². The minimum absolute atomic E-state index is 0.233. The highest BCUT2D eigenvalue weighted by atomic mass is 16.7. The number of aromatic nitrogens is 2. The molecule has 0 unspecified atom stereocenters. The van der Waals surface area contributed by atoms with E-state index in [1.165, 1.54) is 0 Å². The number of carbonyl (C=O) groups is 1. The first-order valence-corrected chi connectivity index (χ1v) is 9.50. The van der Waals surface area contributed by atoms with Crippen LogP contribution in [0.1, 0.15) is 48.5 Å². The summed E-state index contributed by atoms with van der Waals surface area (Å²) in [5, 5.41) is 4.47. The van der Waals surface area contributed by atoms with Gasteiger partial charge in [-0.15, -0.1) is 0 Å². The zero-order chi connectivity index (χ0) is 21.0. The number of hydrogen-bond donors (Lipinski definition) is 0. The molecule has 2 aliphatic rings. The molecular weight excluding hydrogens is 359 g/mol. The fraction of sp³-hybridized carbons (Fsp3) is 0.737. The molecule has 0 radical (unpaired) electrons. The minimum atomic E-state index is -0.555. The summed E-state index contributed by atoms with van der Waals surface area (Å²) in [6.07, 6.45) is 3.20. The molecule has 2 saturated heterocycles. The fourth-order valence-corrected chi connectivity index (χ4v) is 3.28. The highest BCUT2D eigenvalue weighted by Gasteiger charge is 2.54. The van der Waals surface area contributed by atoms with Crippen molar-refractivity contribution in [2.24, 2.45) is 0 Å². The smallest absolute Gasteiger partial charge is 0.444 e. The number of hydrogen-bond acceptors (Lipinski definition) is 5. The highest BCUT2D eigenvalue weighted by molar-refractivity contribution is 6.62. The third-order valence-corrected chi connectivity index (χ3v) is 5.61. The SMILES string of the molecule is [C-]#[N+]CC1(n2cc(B3OC(C)(C)C(C)(C)O3)cn2)CN(C(=O)OC(C)(C)C)C1. The van der Waals surface area contributed by atoms with E-state index in [9.17, 15) is 4.79 Å². The summed E-state index contributed by atoms with van der Waals surface area (Å²) in [6, 6.07) is 0. The Kier molecular flexibility index (Phi) is 4.80. The second-order valence-corrected chi connectivity index (χ2v) is 9.68. The molecule has 3 rings (SSSR count). The van der Waals surface area contributed by atoms with Crippen molar-refractivity contribution in [2.45, 2.75) is 70.8 Å². The van der Waals surface area contributed by atoms with Crippen molar-refractivity contribution >= 4 is 18.7 Å². The van der Waals surface area contributed by atoms with Crippen LogP contribution in [0.4, 0.5) is 4.79 Å². The Hall–Kier alpha value is -2.05. The Morgan fingerprint density at radius 3 is 2.36 bits per heavy atom. The van der Waals surface area contributed by atoms with Gasteiger partial charge in [-0.05, 0) is 48.5 Å². The molecule has 0 saturated carbocycles. The van der Waals surface area contributed by atoms with Crippen molar-refractivity contribution in [2.75, 3.05) is 19.6 Å². The van der Waals surface area contributed by atoms with E-state index in [2.05, 4.69) is 9.94 Å². The number of carbonyl (C=O) groups excluding carboxylic acids is 1. The molecule has 2 fully saturated rings. The van der Waals surface area contributed by atoms with E-state index in [0.29, 0.717) is 13.1 Å². The van der Waals surface area contributed by atoms with Crippen molar-refractivity contribution in [1.29, 1.82) is 0 Å². The maximum absolute atomic E-state index is 12.3. The number of rotatable bonds is 3. The van der Waals surface area contributed by atoms with Gasteiger partial charge in [0.1, 0.15) is 5.60 Å². The highest BCUT2D eigenvalue weighted by Crippen LogP contribution is 2.37. The molecule has 0 bridgehead atoms. The summed E-state index contributed by atoms with van der Waals surface area (Å²) in [5.74, 6) is 0. The molecule has 0 aromatic carbocycles. The molecule has 3 heterocycles. The maximum atomic E-state index is 12.3. The van der Waals surface area contributed by atoms with Gasteiger partial charge in [0.25, 0.3) is 0 Å². The summed E-state index contributed by atoms with van der Waals surface area (Å²) in [5.41, 5.74) is -1.17. The molecule has 0 atom stereocenters. The van der Waals surface area contributed by atoms with E-state index in [1.807, 2.05) is 54.7 Å². The Labute approximate surface area is 167 Å². The van der Waals surface area contributed by atoms with Gasteiger partial charge in [0, 0.05) is 17.9 Å². The van der Waals surface area contributed by atoms with Crippen molar-refractivity contribution in [3.05, 3.63) is 23.8 Å². The third kappa shape index (κ3) is 3.63. The largest absolute Gasteiger partial charge is 0.498 e. The second kappa shape index (κ2) is 6.50. The zero-order valence-electron chi connectivity index (χ0n) is 17.8. The number of ether oxygens (including phenoxy) is 1. The first-order chi connectivity index (χ1) is 12.8. The van der Waals surface area contributed by atoms with Crippen molar-refractivity contribution in [1.82, 2.24) is 14.7 Å². The van der Waals surface area contributed by atoms with Crippen LogP contribution in [-0.4, -0.2) is 64.3 Å². The molecule has 1 aromatic rings. The van der Waals surface area contributed by atoms with E-state index in [0.717, 1.165) is 5.46 Å². The lowest BCUT2D eigenvalue weighted by molar-refractivity contribution is -0.0273. The van der Waals surface area contributed by atoms with Crippen molar-refractivity contribution < 1.29 is 18.8 Å². The van der Waals surface area contributed by atoms with E-state index >= 15 is 0 Å². The number of amides is 1. The van der Waals surface area contributed by atoms with Crippen LogP contribution in [0.3, 0.4) is 0 Å². The Morgan fingerprint density at radius 2 is 1.86 bits per heavy atom. The molecule has 2 aliphatic heterocycles. The molecule has 0 spiro atoms. The van der Waals surface area contributed by atoms with Crippen LogP contribution in [0.2, 0.25) is 0 Å². The van der Waals surface area contributed by atoms with Crippen molar-refractivity contribution in [3.8, 4) is 0 Å². The summed E-state index contributed by atoms with van der Waals surface area (Å²) in [7, 11) is -0.509. The first kappa shape index (κ1) is 20.7. The second-order valence-electron chi connectivity index (χ2n) is 9.68. The van der Waals surface area contributed by atoms with Crippen LogP contribution in [-0.2, 0) is 19.6 Å². The van der Waals surface area contributed by atoms with Crippen LogP contribution in [0.15, 0.2) is 12.4 Å². The monoisotopic (exact) mass is 388 g/mol. The van der Waals surface area contributed by atoms with Crippen LogP contribution >= 0.6 is 0 Å². The fourth-order valence-electron chi connectivity index (χ4n) is 3.28. The Balaban J connectivity index is 1.74. The maximum Gasteiger partial charge on any atom is 0.498 e. The first-order valence-electron chi connectivity index (χ1n) is 9.50. The van der Waals surface area contributed by atoms with Crippen molar-refractivity contribution in [3.63, 3.8) is 0 Å². The topological polar surface area (TPSA) is 70.2 Å². The van der Waals surface area contributed by atoms with Gasteiger partial charge in [-0.25, -0.2) is 11.4 Å². The average molecular weight is 388 g/mol. The average Bonchev–Trinajstić information content (AvgIpc) is 3.04. The van der Waals surface area contributed by atoms with E-state index in [-0.39, 0.29) is 12.6 Å². The van der Waals surface area contributed by atoms with Gasteiger partial charge in [0.15, 0.2) is 5.54 Å². The zero-order valence-corrected chi connectivity index (χ0v) is 17.8. The van der Waals surface area contributed by atoms with Gasteiger partial charge in [-0.3, -0.25) is 4.68 Å². The van der Waals surface area contributed by atoms with Crippen LogP contribution in [0.5, 0.6) is 0 Å². The third-order valence-electron chi connectivity index (χ3n) is 5.61. The molecule has 8 nitrogen and oxygen atoms in total. The lowest BCUT2D eigenvalue weighted by Gasteiger charge is -2.46. The summed E-state index contributed by atoms with van der Waals surface area (Å²) >= 11 is 0. The van der Waals surface area contributed by atoms with Gasteiger partial charge < -0.3 is 23.8 Å². The van der Waals surface area contributed by atoms with Crippen LogP contribution in [0, 0.1) is 6.57 Å².